The monoisotopic (exact) mass is 1060 g/mol. The van der Waals surface area contributed by atoms with Crippen LogP contribution in [0.5, 0.6) is 0 Å². The summed E-state index contributed by atoms with van der Waals surface area (Å²) in [7, 11) is -7.15. The van der Waals surface area contributed by atoms with Gasteiger partial charge in [-0.1, -0.05) is 195 Å². The Balaban J connectivity index is 1.65. The van der Waals surface area contributed by atoms with Gasteiger partial charge < -0.3 is 26.6 Å². The molecule has 7 aromatic carbocycles. The molecule has 0 radical (unpaired) electrons. The van der Waals surface area contributed by atoms with Crippen LogP contribution in [0, 0.1) is 0 Å². The largest absolute Gasteiger partial charge is 0.536 e. The second kappa shape index (κ2) is 20.0. The van der Waals surface area contributed by atoms with Gasteiger partial charge in [-0.2, -0.15) is 0 Å². The fourth-order valence-electron chi connectivity index (χ4n) is 12.9. The van der Waals surface area contributed by atoms with E-state index in [1.165, 1.54) is 63.8 Å². The Bertz CT molecular complexity index is 3090. The van der Waals surface area contributed by atoms with Crippen molar-refractivity contribution in [3.63, 3.8) is 0 Å². The smallest absolute Gasteiger partial charge is 0.373 e. The quantitative estimate of drug-likeness (QED) is 0.0711. The number of allylic oxidation sites excluding steroid dienone is 8. The topological polar surface area (TPSA) is 55.4 Å². The zero-order valence-corrected chi connectivity index (χ0v) is 51.1. The fourth-order valence-corrected chi connectivity index (χ4v) is 30.4. The molecule has 2 aliphatic carbocycles. The minimum Gasteiger partial charge on any atom is -0.373 e. The molecule has 72 heavy (non-hydrogen) atoms. The van der Waals surface area contributed by atoms with E-state index in [-0.39, 0.29) is 0 Å². The first kappa shape index (κ1) is 52.5. The van der Waals surface area contributed by atoms with Crippen LogP contribution in [0.4, 0.5) is 0 Å². The second-order valence-electron chi connectivity index (χ2n) is 21.8. The van der Waals surface area contributed by atoms with Crippen molar-refractivity contribution in [3.05, 3.63) is 156 Å². The molecule has 0 unspecified atom stereocenters. The molecule has 12 heteroatoms. The summed E-state index contributed by atoms with van der Waals surface area (Å²) >= 11 is 0. The molecule has 0 fully saturated rings. The lowest BCUT2D eigenvalue weighted by Gasteiger charge is -2.37. The molecule has 0 aromatic heterocycles. The van der Waals surface area contributed by atoms with Gasteiger partial charge in [-0.05, 0) is 114 Å². The highest BCUT2D eigenvalue weighted by Gasteiger charge is 2.53. The molecule has 9 rings (SSSR count). The summed E-state index contributed by atoms with van der Waals surface area (Å²) in [5, 5.41) is 24.1. The van der Waals surface area contributed by atoms with E-state index in [1.54, 1.807) is 63.4 Å². The number of benzene rings is 7. The molecule has 0 atom stereocenters. The first-order valence-electron chi connectivity index (χ1n) is 25.6. The standard InChI is InChI=1S/C60H74O6Si6/c1-61-71(62-2,63-3)55-41-53-54(42-56(55)72(64-4,65-5)66-6)60(70(13,14)46-35-25-18-26-36-46)52-40-50-49(39-51(52)59(53)69(11,12)45-33-23-17-24-34-45)57(67(7,8)43-29-19-15-20-30-43)47-37-27-28-38-48(47)58(50)68(9,10)44-31-21-16-22-32-44/h15-19,21,23-29,31,33-42H,20,22,30,32H2,1-14H3. The third-order valence-corrected chi connectivity index (χ3v) is 37.2. The van der Waals surface area contributed by atoms with Gasteiger partial charge in [-0.3, -0.25) is 0 Å². The molecule has 0 amide bonds. The van der Waals surface area contributed by atoms with E-state index in [4.69, 9.17) is 26.6 Å². The minimum absolute atomic E-state index is 0.798. The molecule has 0 aliphatic heterocycles. The lowest BCUT2D eigenvalue weighted by molar-refractivity contribution is 0.135. The third kappa shape index (κ3) is 8.39. The molecule has 6 nitrogen and oxygen atoms in total. The van der Waals surface area contributed by atoms with Crippen LogP contribution in [-0.4, -0.2) is 92.6 Å². The summed E-state index contributed by atoms with van der Waals surface area (Å²) in [6.07, 6.45) is 18.5. The first-order valence-corrected chi connectivity index (χ1v) is 41.0. The summed E-state index contributed by atoms with van der Waals surface area (Å²) < 4.78 is 38.8. The van der Waals surface area contributed by atoms with Gasteiger partial charge in [0.05, 0.1) is 0 Å². The summed E-state index contributed by atoms with van der Waals surface area (Å²) in [6, 6.07) is 42.2. The van der Waals surface area contributed by atoms with Gasteiger partial charge in [0.25, 0.3) is 0 Å². The minimum atomic E-state index is -3.63. The first-order chi connectivity index (χ1) is 34.4. The van der Waals surface area contributed by atoms with Crippen LogP contribution in [0.2, 0.25) is 52.4 Å². The Hall–Kier alpha value is -4.40. The van der Waals surface area contributed by atoms with Crippen molar-refractivity contribution in [2.75, 3.05) is 42.7 Å². The Morgan fingerprint density at radius 2 is 0.625 bits per heavy atom. The molecule has 0 N–H and O–H groups in total. The van der Waals surface area contributed by atoms with E-state index in [0.29, 0.717) is 0 Å². The molecular weight excluding hydrogens is 985 g/mol. The van der Waals surface area contributed by atoms with E-state index >= 15 is 0 Å². The normalized spacial score (nSPS) is 15.2. The lowest BCUT2D eigenvalue weighted by atomic mass is 9.96. The van der Waals surface area contributed by atoms with Gasteiger partial charge in [-0.25, -0.2) is 0 Å². The summed E-state index contributed by atoms with van der Waals surface area (Å²) in [5.41, 5.74) is 0. The Kier molecular flexibility index (Phi) is 14.6. The summed E-state index contributed by atoms with van der Waals surface area (Å²) in [6.45, 7) is 20.7. The van der Waals surface area contributed by atoms with Crippen LogP contribution in [0.3, 0.4) is 0 Å². The van der Waals surface area contributed by atoms with Crippen LogP contribution in [0.25, 0.3) is 43.1 Å². The van der Waals surface area contributed by atoms with E-state index < -0.39 is 49.9 Å². The molecule has 0 bridgehead atoms. The number of rotatable bonds is 16. The van der Waals surface area contributed by atoms with Crippen LogP contribution >= 0.6 is 0 Å². The van der Waals surface area contributed by atoms with Crippen molar-refractivity contribution in [1.29, 1.82) is 0 Å². The average molecular weight is 1060 g/mol. The van der Waals surface area contributed by atoms with Crippen molar-refractivity contribution >= 4 is 134 Å². The SMILES string of the molecule is CO[Si](OC)(OC)c1cc2c([Si](C)(C)c3ccccc3)c3cc4c([Si](C)(C)C5=CC=CCC5)c5ccccc5c([Si](C)(C)C5=CC=CCC5)c4cc3c([Si](C)(C)c3ccccc3)c2cc1[Si](OC)(OC)OC. The van der Waals surface area contributed by atoms with E-state index in [0.717, 1.165) is 36.1 Å². The summed E-state index contributed by atoms with van der Waals surface area (Å²) in [5.74, 6) is 0. The van der Waals surface area contributed by atoms with Crippen molar-refractivity contribution in [2.24, 2.45) is 0 Å². The van der Waals surface area contributed by atoms with Gasteiger partial charge in [0, 0.05) is 53.0 Å². The Labute approximate surface area is 435 Å². The maximum atomic E-state index is 6.47. The van der Waals surface area contributed by atoms with Gasteiger partial charge in [-0.15, -0.1) is 0 Å². The average Bonchev–Trinajstić information content (AvgIpc) is 3.41. The van der Waals surface area contributed by atoms with Gasteiger partial charge in [0.15, 0.2) is 0 Å². The fraction of sp³-hybridized carbons (Fsp3) is 0.300. The zero-order chi connectivity index (χ0) is 51.4. The molecule has 0 saturated carbocycles. The maximum absolute atomic E-state index is 6.47. The van der Waals surface area contributed by atoms with Gasteiger partial charge in [0.2, 0.25) is 0 Å². The molecule has 0 saturated heterocycles. The van der Waals surface area contributed by atoms with E-state index in [1.807, 2.05) is 0 Å². The Morgan fingerprint density at radius 3 is 0.917 bits per heavy atom. The van der Waals surface area contributed by atoms with Crippen molar-refractivity contribution < 1.29 is 26.6 Å². The van der Waals surface area contributed by atoms with Gasteiger partial charge in [0.1, 0.15) is 32.3 Å². The number of hydrogen-bond donors (Lipinski definition) is 0. The van der Waals surface area contributed by atoms with Crippen LogP contribution in [0.15, 0.2) is 156 Å². The number of fused-ring (bicyclic) bond motifs is 4. The van der Waals surface area contributed by atoms with Crippen LogP contribution in [0.1, 0.15) is 25.7 Å². The molecule has 7 aromatic rings. The molecule has 0 spiro atoms. The van der Waals surface area contributed by atoms with Crippen molar-refractivity contribution in [3.8, 4) is 0 Å². The summed E-state index contributed by atoms with van der Waals surface area (Å²) in [4.78, 5) is 0. The van der Waals surface area contributed by atoms with Gasteiger partial charge >= 0.3 is 17.6 Å². The Morgan fingerprint density at radius 1 is 0.333 bits per heavy atom. The second-order valence-corrected chi connectivity index (χ2v) is 45.0. The predicted molar refractivity (Wildman–Crippen MR) is 323 cm³/mol. The van der Waals surface area contributed by atoms with Crippen LogP contribution in [-0.2, 0) is 26.6 Å². The highest BCUT2D eigenvalue weighted by molar-refractivity contribution is 7.07. The predicted octanol–water partition coefficient (Wildman–Crippen LogP) is 9.58. The van der Waals surface area contributed by atoms with E-state index in [2.05, 4.69) is 198 Å². The van der Waals surface area contributed by atoms with Crippen LogP contribution < -0.4 is 41.5 Å². The lowest BCUT2D eigenvalue weighted by Crippen LogP contribution is -2.69. The zero-order valence-electron chi connectivity index (χ0n) is 45.1. The third-order valence-electron chi connectivity index (χ3n) is 16.8. The molecular formula is C60H74O6Si6. The highest BCUT2D eigenvalue weighted by atomic mass is 28.4. The molecule has 374 valence electrons. The molecule has 2 aliphatic rings. The highest BCUT2D eigenvalue weighted by Crippen LogP contribution is 2.37. The van der Waals surface area contributed by atoms with E-state index in [9.17, 15) is 0 Å². The maximum Gasteiger partial charge on any atom is 0.536 e. The molecule has 0 heterocycles. The van der Waals surface area contributed by atoms with Crippen molar-refractivity contribution in [2.45, 2.75) is 78.1 Å². The number of hydrogen-bond acceptors (Lipinski definition) is 6. The van der Waals surface area contributed by atoms with Crippen molar-refractivity contribution in [1.82, 2.24) is 0 Å².